The lowest BCUT2D eigenvalue weighted by atomic mass is 10.1. The largest absolute Gasteiger partial charge is 0.422 e. The van der Waals surface area contributed by atoms with Gasteiger partial charge in [0, 0.05) is 18.9 Å². The predicted molar refractivity (Wildman–Crippen MR) is 95.2 cm³/mol. The Morgan fingerprint density at radius 1 is 1.36 bits per heavy atom. The summed E-state index contributed by atoms with van der Waals surface area (Å²) < 4.78 is 47.4. The number of nitrogens with zero attached hydrogens (tertiary/aromatic N) is 4. The third-order valence-electron chi connectivity index (χ3n) is 5.39. The van der Waals surface area contributed by atoms with Crippen molar-refractivity contribution in [3.05, 3.63) is 0 Å². The molecule has 0 spiro atoms. The second-order valence-corrected chi connectivity index (χ2v) is 7.76. The van der Waals surface area contributed by atoms with Gasteiger partial charge in [-0.15, -0.1) is 0 Å². The molecule has 2 atom stereocenters. The van der Waals surface area contributed by atoms with E-state index in [1.807, 2.05) is 11.8 Å². The summed E-state index contributed by atoms with van der Waals surface area (Å²) in [6.07, 6.45) is -4.75. The van der Waals surface area contributed by atoms with E-state index in [-0.39, 0.29) is 43.1 Å². The van der Waals surface area contributed by atoms with Gasteiger partial charge >= 0.3 is 12.1 Å². The molecule has 10 heteroatoms. The molecule has 3 aliphatic rings. The van der Waals surface area contributed by atoms with Crippen LogP contribution in [-0.4, -0.2) is 89.0 Å². The van der Waals surface area contributed by atoms with Crippen molar-refractivity contribution in [1.29, 1.82) is 0 Å². The second-order valence-electron chi connectivity index (χ2n) is 7.76. The Labute approximate surface area is 161 Å². The number of carbonyl (C=O) groups is 2. The smallest absolute Gasteiger partial charge is 0.377 e. The third kappa shape index (κ3) is 4.06. The zero-order valence-electron chi connectivity index (χ0n) is 16.3. The van der Waals surface area contributed by atoms with Gasteiger partial charge in [-0.25, -0.2) is 4.58 Å². The van der Waals surface area contributed by atoms with Crippen molar-refractivity contribution < 1.29 is 32.1 Å². The summed E-state index contributed by atoms with van der Waals surface area (Å²) in [7, 11) is 0. The van der Waals surface area contributed by atoms with Gasteiger partial charge in [0.05, 0.1) is 25.8 Å². The molecule has 0 bridgehead atoms. The summed E-state index contributed by atoms with van der Waals surface area (Å²) in [5, 5.41) is 0. The van der Waals surface area contributed by atoms with Gasteiger partial charge in [0.2, 0.25) is 0 Å². The number of amides is 1. The molecular weight excluding hydrogens is 377 g/mol. The Morgan fingerprint density at radius 3 is 2.68 bits per heavy atom. The Balaban J connectivity index is 2.07. The molecule has 0 aromatic heterocycles. The first-order valence-corrected chi connectivity index (χ1v) is 9.55. The Hall–Kier alpha value is -1.97. The summed E-state index contributed by atoms with van der Waals surface area (Å²) in [6, 6.07) is -1.86. The van der Waals surface area contributed by atoms with Crippen LogP contribution >= 0.6 is 0 Å². The number of ketones is 1. The van der Waals surface area contributed by atoms with Crippen LogP contribution in [0.3, 0.4) is 0 Å². The van der Waals surface area contributed by atoms with Crippen molar-refractivity contribution in [2.75, 3.05) is 32.8 Å². The van der Waals surface area contributed by atoms with Crippen LogP contribution in [0.1, 0.15) is 33.6 Å². The minimum Gasteiger partial charge on any atom is -0.377 e. The van der Waals surface area contributed by atoms with Gasteiger partial charge in [-0.3, -0.25) is 9.59 Å². The first-order valence-electron chi connectivity index (χ1n) is 9.55. The van der Waals surface area contributed by atoms with Gasteiger partial charge in [-0.1, -0.05) is 18.8 Å². The molecule has 156 valence electrons. The average molecular weight is 403 g/mol. The number of amidine groups is 1. The minimum atomic E-state index is -4.52. The molecule has 0 radical (unpaired) electrons. The Kier molecular flexibility index (Phi) is 5.79. The van der Waals surface area contributed by atoms with E-state index in [2.05, 4.69) is 4.99 Å². The maximum absolute atomic E-state index is 13.7. The van der Waals surface area contributed by atoms with Crippen molar-refractivity contribution in [3.8, 4) is 0 Å². The van der Waals surface area contributed by atoms with E-state index < -0.39 is 24.7 Å². The SMILES string of the molecule is CC(C)C(=O)C[N+]1=C2N=C(N3CCOC[C@H]3C)CC(=O)N2CC[C@H]1C(F)(F)F. The number of fused-ring (bicyclic) bond motifs is 1. The lowest BCUT2D eigenvalue weighted by Crippen LogP contribution is -2.59. The van der Waals surface area contributed by atoms with Crippen LogP contribution in [0.4, 0.5) is 13.2 Å². The van der Waals surface area contributed by atoms with Crippen LogP contribution in [0.25, 0.3) is 0 Å². The number of alkyl halides is 3. The zero-order valence-corrected chi connectivity index (χ0v) is 16.3. The van der Waals surface area contributed by atoms with E-state index in [4.69, 9.17) is 4.74 Å². The number of ether oxygens (including phenoxy) is 1. The standard InChI is InChI=1S/C18H26F3N4O3/c1-11(2)13(26)9-25-14(18(19,20)21)4-5-24-16(27)8-15(22-17(24)25)23-6-7-28-10-12(23)3/h11-12,14H,4-10H2,1-3H3/q+1/t12-,14+/m1/s1. The summed E-state index contributed by atoms with van der Waals surface area (Å²) >= 11 is 0. The summed E-state index contributed by atoms with van der Waals surface area (Å²) in [6.45, 7) is 6.19. The van der Waals surface area contributed by atoms with E-state index in [0.29, 0.717) is 25.6 Å². The maximum atomic E-state index is 13.7. The van der Waals surface area contributed by atoms with Crippen LogP contribution in [0, 0.1) is 5.92 Å². The van der Waals surface area contributed by atoms with Gasteiger partial charge in [-0.05, 0) is 6.92 Å². The molecule has 0 saturated carbocycles. The molecule has 0 N–H and O–H groups in total. The number of rotatable bonds is 3. The number of morpholine rings is 1. The molecule has 1 amide bonds. The molecule has 3 aliphatic heterocycles. The number of hydrogen-bond donors (Lipinski definition) is 0. The van der Waals surface area contributed by atoms with Crippen LogP contribution in [0.5, 0.6) is 0 Å². The minimum absolute atomic E-state index is 0.0276. The highest BCUT2D eigenvalue weighted by Gasteiger charge is 2.52. The number of aliphatic imine (C=N–C) groups is 1. The quantitative estimate of drug-likeness (QED) is 0.666. The summed E-state index contributed by atoms with van der Waals surface area (Å²) in [4.78, 5) is 32.6. The maximum Gasteiger partial charge on any atom is 0.422 e. The molecular formula is C18H26F3N4O3+. The number of guanidine groups is 1. The topological polar surface area (TPSA) is 65.2 Å². The average Bonchev–Trinajstić information content (AvgIpc) is 2.61. The fourth-order valence-corrected chi connectivity index (χ4v) is 3.70. The Bertz CT molecular complexity index is 717. The molecule has 1 saturated heterocycles. The molecule has 3 heterocycles. The van der Waals surface area contributed by atoms with E-state index in [1.54, 1.807) is 13.8 Å². The fourth-order valence-electron chi connectivity index (χ4n) is 3.70. The molecule has 0 aromatic rings. The molecule has 0 unspecified atom stereocenters. The zero-order chi connectivity index (χ0) is 20.6. The van der Waals surface area contributed by atoms with E-state index in [9.17, 15) is 22.8 Å². The molecule has 7 nitrogen and oxygen atoms in total. The second kappa shape index (κ2) is 7.81. The predicted octanol–water partition coefficient (Wildman–Crippen LogP) is 1.27. The van der Waals surface area contributed by atoms with E-state index in [1.165, 1.54) is 4.90 Å². The number of hydrogen-bond acceptors (Lipinski definition) is 5. The monoisotopic (exact) mass is 403 g/mol. The van der Waals surface area contributed by atoms with Crippen LogP contribution in [-0.2, 0) is 14.3 Å². The Morgan fingerprint density at radius 2 is 2.07 bits per heavy atom. The van der Waals surface area contributed by atoms with Gasteiger partial charge in [0.15, 0.2) is 17.7 Å². The molecule has 0 aromatic carbocycles. The fraction of sp³-hybridized carbons (Fsp3) is 0.778. The van der Waals surface area contributed by atoms with Gasteiger partial charge < -0.3 is 9.64 Å². The van der Waals surface area contributed by atoms with Crippen LogP contribution in [0.2, 0.25) is 0 Å². The molecule has 3 rings (SSSR count). The van der Waals surface area contributed by atoms with Crippen molar-refractivity contribution in [2.24, 2.45) is 10.9 Å². The first-order chi connectivity index (χ1) is 13.1. The van der Waals surface area contributed by atoms with Gasteiger partial charge in [-0.2, -0.15) is 18.1 Å². The lowest BCUT2D eigenvalue weighted by Gasteiger charge is -2.37. The molecule has 1 fully saturated rings. The number of carbonyl (C=O) groups excluding carboxylic acids is 2. The molecule has 0 aliphatic carbocycles. The van der Waals surface area contributed by atoms with Crippen molar-refractivity contribution in [1.82, 2.24) is 9.80 Å². The van der Waals surface area contributed by atoms with Gasteiger partial charge in [0.1, 0.15) is 13.0 Å². The van der Waals surface area contributed by atoms with Crippen molar-refractivity contribution >= 4 is 23.5 Å². The van der Waals surface area contributed by atoms with Crippen molar-refractivity contribution in [3.63, 3.8) is 0 Å². The number of halogens is 3. The van der Waals surface area contributed by atoms with Crippen molar-refractivity contribution in [2.45, 2.75) is 51.9 Å². The third-order valence-corrected chi connectivity index (χ3v) is 5.39. The lowest BCUT2D eigenvalue weighted by molar-refractivity contribution is -0.600. The highest BCUT2D eigenvalue weighted by atomic mass is 19.4. The van der Waals surface area contributed by atoms with Crippen LogP contribution < -0.4 is 0 Å². The molecule has 28 heavy (non-hydrogen) atoms. The van der Waals surface area contributed by atoms with E-state index >= 15 is 0 Å². The summed E-state index contributed by atoms with van der Waals surface area (Å²) in [5.74, 6) is -0.643. The van der Waals surface area contributed by atoms with E-state index in [0.717, 1.165) is 4.58 Å². The van der Waals surface area contributed by atoms with Crippen LogP contribution in [0.15, 0.2) is 4.99 Å². The highest BCUT2D eigenvalue weighted by Crippen LogP contribution is 2.30. The normalized spacial score (nSPS) is 26.5. The number of Topliss-reactive ketones (excluding diaryl/α,β-unsaturated/α-hetero) is 1. The highest BCUT2D eigenvalue weighted by molar-refractivity contribution is 6.14. The first kappa shape index (κ1) is 20.8. The van der Waals surface area contributed by atoms with Gasteiger partial charge in [0.25, 0.3) is 5.91 Å². The summed E-state index contributed by atoms with van der Waals surface area (Å²) in [5.41, 5.74) is 0.